The van der Waals surface area contributed by atoms with E-state index in [1.165, 1.54) is 0 Å². The molecule has 0 unspecified atom stereocenters. The number of hydrogen-bond acceptors (Lipinski definition) is 6. The lowest BCUT2D eigenvalue weighted by Crippen LogP contribution is -2.12. The smallest absolute Gasteiger partial charge is 0.336 e. The molecule has 0 atom stereocenters. The zero-order valence-electron chi connectivity index (χ0n) is 16.4. The van der Waals surface area contributed by atoms with Gasteiger partial charge in [-0.05, 0) is 52.0 Å². The molecule has 0 saturated heterocycles. The average Bonchev–Trinajstić information content (AvgIpc) is 2.62. The van der Waals surface area contributed by atoms with E-state index in [2.05, 4.69) is 0 Å². The van der Waals surface area contributed by atoms with Gasteiger partial charge in [-0.15, -0.1) is 0 Å². The van der Waals surface area contributed by atoms with Crippen LogP contribution >= 0.6 is 0 Å². The summed E-state index contributed by atoms with van der Waals surface area (Å²) in [5.74, 6) is -0.0000812. The fraction of sp³-hybridized carbons (Fsp3) is 0.273. The first-order valence-electron chi connectivity index (χ1n) is 8.98. The Labute approximate surface area is 164 Å². The van der Waals surface area contributed by atoms with Crippen molar-refractivity contribution < 1.29 is 28.5 Å². The Morgan fingerprint density at radius 3 is 1.29 bits per heavy atom. The molecular weight excluding hydrogens is 360 g/mol. The summed E-state index contributed by atoms with van der Waals surface area (Å²) < 4.78 is 21.7. The van der Waals surface area contributed by atoms with E-state index in [0.717, 1.165) is 12.2 Å². The minimum Gasteiger partial charge on any atom is -0.487 e. The molecule has 0 heterocycles. The van der Waals surface area contributed by atoms with Crippen LogP contribution in [0.1, 0.15) is 27.7 Å². The van der Waals surface area contributed by atoms with Crippen molar-refractivity contribution in [2.75, 3.05) is 0 Å². The summed E-state index contributed by atoms with van der Waals surface area (Å²) >= 11 is 0. The lowest BCUT2D eigenvalue weighted by atomic mass is 10.3. The molecule has 0 spiro atoms. The molecule has 0 bridgehead atoms. The number of rotatable bonds is 8. The van der Waals surface area contributed by atoms with Gasteiger partial charge in [-0.25, -0.2) is 9.59 Å². The highest BCUT2D eigenvalue weighted by molar-refractivity contribution is 5.93. The summed E-state index contributed by atoms with van der Waals surface area (Å²) in [4.78, 5) is 24.0. The number of benzene rings is 2. The van der Waals surface area contributed by atoms with Crippen LogP contribution in [0.2, 0.25) is 0 Å². The van der Waals surface area contributed by atoms with Crippen LogP contribution < -0.4 is 18.9 Å². The molecular formula is C22H24O6. The van der Waals surface area contributed by atoms with Crippen molar-refractivity contribution in [3.05, 3.63) is 60.7 Å². The Bertz CT molecular complexity index is 769. The average molecular weight is 384 g/mol. The summed E-state index contributed by atoms with van der Waals surface area (Å²) in [7, 11) is 0. The predicted octanol–water partition coefficient (Wildman–Crippen LogP) is 4.33. The van der Waals surface area contributed by atoms with E-state index in [1.54, 1.807) is 48.5 Å². The van der Waals surface area contributed by atoms with E-state index in [4.69, 9.17) is 18.9 Å². The summed E-state index contributed by atoms with van der Waals surface area (Å²) in [5.41, 5.74) is 0. The normalized spacial score (nSPS) is 10.9. The van der Waals surface area contributed by atoms with Gasteiger partial charge in [-0.2, -0.15) is 0 Å². The van der Waals surface area contributed by atoms with Gasteiger partial charge in [0.25, 0.3) is 0 Å². The van der Waals surface area contributed by atoms with Gasteiger partial charge in [0, 0.05) is 12.2 Å². The summed E-state index contributed by atoms with van der Waals surface area (Å²) in [5, 5.41) is 0. The third-order valence-electron chi connectivity index (χ3n) is 3.20. The van der Waals surface area contributed by atoms with Crippen molar-refractivity contribution >= 4 is 11.9 Å². The molecule has 0 aliphatic heterocycles. The van der Waals surface area contributed by atoms with E-state index >= 15 is 0 Å². The van der Waals surface area contributed by atoms with E-state index in [-0.39, 0.29) is 23.7 Å². The van der Waals surface area contributed by atoms with Crippen LogP contribution in [0, 0.1) is 0 Å². The van der Waals surface area contributed by atoms with Crippen LogP contribution in [-0.2, 0) is 9.59 Å². The van der Waals surface area contributed by atoms with E-state index < -0.39 is 11.9 Å². The van der Waals surface area contributed by atoms with Crippen LogP contribution in [0.3, 0.4) is 0 Å². The lowest BCUT2D eigenvalue weighted by Gasteiger charge is -2.13. The Balaban J connectivity index is 1.99. The fourth-order valence-electron chi connectivity index (χ4n) is 2.19. The molecule has 148 valence electrons. The second kappa shape index (κ2) is 10.2. The molecule has 2 aromatic carbocycles. The molecule has 2 aromatic rings. The highest BCUT2D eigenvalue weighted by Crippen LogP contribution is 2.28. The molecule has 0 saturated carbocycles. The molecule has 28 heavy (non-hydrogen) atoms. The summed E-state index contributed by atoms with van der Waals surface area (Å²) in [6.45, 7) is 7.48. The van der Waals surface area contributed by atoms with Gasteiger partial charge in [-0.1, -0.05) is 24.3 Å². The predicted molar refractivity (Wildman–Crippen MR) is 105 cm³/mol. The summed E-state index contributed by atoms with van der Waals surface area (Å²) in [6.07, 6.45) is 1.86. The Kier molecular flexibility index (Phi) is 7.63. The van der Waals surface area contributed by atoms with Crippen LogP contribution in [0.15, 0.2) is 60.7 Å². The number of para-hydroxylation sites is 4. The molecule has 0 radical (unpaired) electrons. The molecule has 0 N–H and O–H groups in total. The van der Waals surface area contributed by atoms with Gasteiger partial charge in [-0.3, -0.25) is 0 Å². The number of carbonyl (C=O) groups is 2. The van der Waals surface area contributed by atoms with Gasteiger partial charge >= 0.3 is 11.9 Å². The Morgan fingerprint density at radius 2 is 0.964 bits per heavy atom. The Morgan fingerprint density at radius 1 is 0.643 bits per heavy atom. The molecule has 0 amide bonds. The fourth-order valence-corrected chi connectivity index (χ4v) is 2.19. The second-order valence-electron chi connectivity index (χ2n) is 6.40. The van der Waals surface area contributed by atoms with Crippen molar-refractivity contribution in [2.24, 2.45) is 0 Å². The molecule has 0 aliphatic rings. The third kappa shape index (κ3) is 6.79. The zero-order chi connectivity index (χ0) is 20.5. The van der Waals surface area contributed by atoms with Crippen LogP contribution in [0.25, 0.3) is 0 Å². The maximum atomic E-state index is 12.0. The number of hydrogen-bond donors (Lipinski definition) is 0. The van der Waals surface area contributed by atoms with Crippen molar-refractivity contribution in [3.63, 3.8) is 0 Å². The summed E-state index contributed by atoms with van der Waals surface area (Å²) in [6, 6.07) is 13.6. The van der Waals surface area contributed by atoms with Gasteiger partial charge in [0.2, 0.25) is 0 Å². The number of ether oxygens (including phenoxy) is 4. The number of esters is 2. The largest absolute Gasteiger partial charge is 0.487 e. The van der Waals surface area contributed by atoms with Crippen LogP contribution in [-0.4, -0.2) is 24.1 Å². The van der Waals surface area contributed by atoms with E-state index in [1.807, 2.05) is 27.7 Å². The standard InChI is InChI=1S/C22H24O6/c1-15(2)25-17-9-5-7-11-19(17)27-21(23)13-14-22(24)28-20-12-8-6-10-18(20)26-16(3)4/h5-16H,1-4H3/b14-13+. The van der Waals surface area contributed by atoms with Gasteiger partial charge in [0.15, 0.2) is 23.0 Å². The molecule has 6 heteroatoms. The molecule has 6 nitrogen and oxygen atoms in total. The topological polar surface area (TPSA) is 71.1 Å². The third-order valence-corrected chi connectivity index (χ3v) is 3.20. The first-order valence-corrected chi connectivity index (χ1v) is 8.98. The molecule has 0 aromatic heterocycles. The van der Waals surface area contributed by atoms with Crippen molar-refractivity contribution in [1.29, 1.82) is 0 Å². The van der Waals surface area contributed by atoms with E-state index in [9.17, 15) is 9.59 Å². The molecule has 0 fully saturated rings. The maximum Gasteiger partial charge on any atom is 0.336 e. The van der Waals surface area contributed by atoms with E-state index in [0.29, 0.717) is 11.5 Å². The van der Waals surface area contributed by atoms with Crippen molar-refractivity contribution in [1.82, 2.24) is 0 Å². The Hall–Kier alpha value is -3.28. The highest BCUT2D eigenvalue weighted by atomic mass is 16.6. The van der Waals surface area contributed by atoms with Gasteiger partial charge in [0.1, 0.15) is 0 Å². The SMILES string of the molecule is CC(C)Oc1ccccc1OC(=O)/C=C/C(=O)Oc1ccccc1OC(C)C. The quantitative estimate of drug-likeness (QED) is 0.383. The second-order valence-corrected chi connectivity index (χ2v) is 6.40. The van der Waals surface area contributed by atoms with Crippen LogP contribution in [0.4, 0.5) is 0 Å². The van der Waals surface area contributed by atoms with Gasteiger partial charge in [0.05, 0.1) is 12.2 Å². The molecule has 2 rings (SSSR count). The maximum absolute atomic E-state index is 12.0. The van der Waals surface area contributed by atoms with Crippen molar-refractivity contribution in [2.45, 2.75) is 39.9 Å². The minimum absolute atomic E-state index is 0.0708. The van der Waals surface area contributed by atoms with Crippen LogP contribution in [0.5, 0.6) is 23.0 Å². The number of carbonyl (C=O) groups excluding carboxylic acids is 2. The first-order chi connectivity index (χ1) is 13.3. The lowest BCUT2D eigenvalue weighted by molar-refractivity contribution is -0.131. The minimum atomic E-state index is -0.719. The highest BCUT2D eigenvalue weighted by Gasteiger charge is 2.12. The molecule has 0 aliphatic carbocycles. The zero-order valence-corrected chi connectivity index (χ0v) is 16.4. The first kappa shape index (κ1) is 21.0. The monoisotopic (exact) mass is 384 g/mol. The van der Waals surface area contributed by atoms with Gasteiger partial charge < -0.3 is 18.9 Å². The van der Waals surface area contributed by atoms with Crippen molar-refractivity contribution in [3.8, 4) is 23.0 Å².